The zero-order valence-electron chi connectivity index (χ0n) is 16.8. The summed E-state index contributed by atoms with van der Waals surface area (Å²) in [5.74, 6) is -0.916. The van der Waals surface area contributed by atoms with Crippen molar-refractivity contribution in [3.8, 4) is 0 Å². The lowest BCUT2D eigenvalue weighted by molar-refractivity contribution is -0.135. The van der Waals surface area contributed by atoms with E-state index in [1.165, 1.54) is 24.5 Å². The van der Waals surface area contributed by atoms with Gasteiger partial charge >= 0.3 is 11.9 Å². The highest BCUT2D eigenvalue weighted by Gasteiger charge is 2.10. The van der Waals surface area contributed by atoms with Gasteiger partial charge in [0.05, 0.1) is 36.4 Å². The summed E-state index contributed by atoms with van der Waals surface area (Å²) in [6, 6.07) is 10.8. The molecule has 0 spiro atoms. The van der Waals surface area contributed by atoms with E-state index >= 15 is 0 Å². The summed E-state index contributed by atoms with van der Waals surface area (Å²) < 4.78 is 12.3. The minimum Gasteiger partial charge on any atom is -0.465 e. The molecule has 6 nitrogen and oxygen atoms in total. The summed E-state index contributed by atoms with van der Waals surface area (Å²) in [6.07, 6.45) is 3.18. The number of aryl methyl sites for hydroxylation is 1. The molecule has 2 aromatic heterocycles. The molecule has 0 unspecified atom stereocenters. The van der Waals surface area contributed by atoms with E-state index in [1.54, 1.807) is 47.1 Å². The van der Waals surface area contributed by atoms with Crippen LogP contribution in [0.5, 0.6) is 0 Å². The summed E-state index contributed by atoms with van der Waals surface area (Å²) in [6.45, 7) is 4.26. The molecule has 0 N–H and O–H groups in total. The summed E-state index contributed by atoms with van der Waals surface area (Å²) in [4.78, 5) is 38.8. The molecule has 3 aromatic rings. The van der Waals surface area contributed by atoms with Crippen molar-refractivity contribution < 1.29 is 19.1 Å². The highest BCUT2D eigenvalue weighted by molar-refractivity contribution is 7.13. The average Bonchev–Trinajstić information content (AvgIpc) is 3.26. The number of carbonyl (C=O) groups is 2. The molecule has 0 fully saturated rings. The van der Waals surface area contributed by atoms with Crippen molar-refractivity contribution in [3.05, 3.63) is 76.8 Å². The molecule has 0 aliphatic rings. The third kappa shape index (κ3) is 5.14. The molecule has 1 aromatic carbocycles. The second kappa shape index (κ2) is 9.69. The van der Waals surface area contributed by atoms with Gasteiger partial charge in [0.2, 0.25) is 0 Å². The number of hydrogen-bond donors (Lipinski definition) is 0. The van der Waals surface area contributed by atoms with Gasteiger partial charge in [-0.1, -0.05) is 12.1 Å². The quantitative estimate of drug-likeness (QED) is 0.547. The summed E-state index contributed by atoms with van der Waals surface area (Å²) in [7, 11) is 1.33. The number of thiazole rings is 1. The van der Waals surface area contributed by atoms with Crippen molar-refractivity contribution in [2.45, 2.75) is 20.4 Å². The lowest BCUT2D eigenvalue weighted by Crippen LogP contribution is -2.32. The van der Waals surface area contributed by atoms with Gasteiger partial charge in [0.25, 0.3) is 5.56 Å². The number of carbonyl (C=O) groups excluding carboxylic acids is 2. The number of nitrogens with zero attached hydrogens (tertiary/aromatic N) is 1. The van der Waals surface area contributed by atoms with Gasteiger partial charge in [-0.15, -0.1) is 22.7 Å². The van der Waals surface area contributed by atoms with E-state index in [4.69, 9.17) is 9.47 Å². The number of esters is 2. The fourth-order valence-electron chi connectivity index (χ4n) is 2.78. The van der Waals surface area contributed by atoms with Gasteiger partial charge in [-0.05, 0) is 49.8 Å². The van der Waals surface area contributed by atoms with Gasteiger partial charge in [-0.25, -0.2) is 9.59 Å². The van der Waals surface area contributed by atoms with Crippen LogP contribution >= 0.6 is 22.7 Å². The van der Waals surface area contributed by atoms with Crippen LogP contribution in [0.15, 0.2) is 41.2 Å². The standard InChI is InChI=1S/C22H21NO5S2/c1-4-28-20(24)12-19-23(13-15-6-8-16(9-7-15)22(26)27-3)21(25)18(30-19)11-17-10-5-14(2)29-17/h5-12H,4,13H2,1-3H3/b18-11-,19-12-. The Morgan fingerprint density at radius 3 is 2.43 bits per heavy atom. The van der Waals surface area contributed by atoms with Gasteiger partial charge in [0.15, 0.2) is 0 Å². The second-order valence-corrected chi connectivity index (χ2v) is 8.76. The van der Waals surface area contributed by atoms with Crippen LogP contribution in [0.3, 0.4) is 0 Å². The molecule has 8 heteroatoms. The van der Waals surface area contributed by atoms with Crippen molar-refractivity contribution >= 4 is 46.8 Å². The fraction of sp³-hybridized carbons (Fsp3) is 0.227. The molecule has 0 amide bonds. The van der Waals surface area contributed by atoms with Gasteiger partial charge in [0, 0.05) is 9.75 Å². The number of thiophene rings is 1. The highest BCUT2D eigenvalue weighted by atomic mass is 32.1. The summed E-state index contributed by atoms with van der Waals surface area (Å²) in [5.41, 5.74) is 1.07. The first-order valence-corrected chi connectivity index (χ1v) is 10.9. The van der Waals surface area contributed by atoms with E-state index in [1.807, 2.05) is 25.1 Å². The number of aromatic nitrogens is 1. The molecule has 0 bridgehead atoms. The average molecular weight is 444 g/mol. The Kier molecular flexibility index (Phi) is 7.02. The Morgan fingerprint density at radius 1 is 1.10 bits per heavy atom. The first-order valence-electron chi connectivity index (χ1n) is 9.24. The monoisotopic (exact) mass is 443 g/mol. The van der Waals surface area contributed by atoms with Gasteiger partial charge in [-0.3, -0.25) is 9.36 Å². The first-order chi connectivity index (χ1) is 14.4. The van der Waals surface area contributed by atoms with Crippen LogP contribution in [0, 0.1) is 6.92 Å². The van der Waals surface area contributed by atoms with Crippen LogP contribution in [-0.4, -0.2) is 30.2 Å². The SMILES string of the molecule is CCOC(=O)/C=c1\s/c(=C\c2ccc(C)s2)c(=O)n1Cc1ccc(C(=O)OC)cc1. The van der Waals surface area contributed by atoms with Crippen molar-refractivity contribution in [3.63, 3.8) is 0 Å². The molecule has 2 heterocycles. The first kappa shape index (κ1) is 21.7. The Balaban J connectivity index is 2.05. The van der Waals surface area contributed by atoms with E-state index in [0.717, 1.165) is 15.3 Å². The molecule has 0 radical (unpaired) electrons. The molecular formula is C22H21NO5S2. The number of hydrogen-bond acceptors (Lipinski definition) is 7. The van der Waals surface area contributed by atoms with Crippen molar-refractivity contribution in [2.24, 2.45) is 0 Å². The Morgan fingerprint density at radius 2 is 1.83 bits per heavy atom. The maximum atomic E-state index is 13.1. The minimum atomic E-state index is -0.493. The Labute approximate surface area is 181 Å². The van der Waals surface area contributed by atoms with Gasteiger partial charge in [0.1, 0.15) is 4.66 Å². The molecule has 0 saturated carbocycles. The lowest BCUT2D eigenvalue weighted by Gasteiger charge is -2.04. The van der Waals surface area contributed by atoms with E-state index < -0.39 is 11.9 Å². The van der Waals surface area contributed by atoms with E-state index in [9.17, 15) is 14.4 Å². The topological polar surface area (TPSA) is 74.6 Å². The van der Waals surface area contributed by atoms with E-state index in [2.05, 4.69) is 0 Å². The predicted octanol–water partition coefficient (Wildman–Crippen LogP) is 2.29. The van der Waals surface area contributed by atoms with Crippen molar-refractivity contribution in [2.75, 3.05) is 13.7 Å². The van der Waals surface area contributed by atoms with Gasteiger partial charge in [-0.2, -0.15) is 0 Å². The molecule has 0 aliphatic carbocycles. The third-order valence-corrected chi connectivity index (χ3v) is 6.22. The smallest absolute Gasteiger partial charge is 0.337 e. The van der Waals surface area contributed by atoms with E-state index in [-0.39, 0.29) is 18.7 Å². The fourth-order valence-corrected chi connectivity index (χ4v) is 4.70. The maximum absolute atomic E-state index is 13.1. The molecule has 30 heavy (non-hydrogen) atoms. The molecule has 156 valence electrons. The van der Waals surface area contributed by atoms with Gasteiger partial charge < -0.3 is 9.47 Å². The van der Waals surface area contributed by atoms with Crippen LogP contribution in [0.4, 0.5) is 0 Å². The Hall–Kier alpha value is -2.97. The number of benzene rings is 1. The van der Waals surface area contributed by atoms with Crippen LogP contribution in [-0.2, 0) is 20.8 Å². The van der Waals surface area contributed by atoms with Crippen LogP contribution < -0.4 is 14.8 Å². The zero-order valence-corrected chi connectivity index (χ0v) is 18.5. The minimum absolute atomic E-state index is 0.182. The van der Waals surface area contributed by atoms with E-state index in [0.29, 0.717) is 14.8 Å². The zero-order chi connectivity index (χ0) is 21.7. The van der Waals surface area contributed by atoms with Crippen LogP contribution in [0.2, 0.25) is 0 Å². The number of methoxy groups -OCH3 is 1. The largest absolute Gasteiger partial charge is 0.465 e. The molecule has 0 aliphatic heterocycles. The normalized spacial score (nSPS) is 12.2. The van der Waals surface area contributed by atoms with Crippen molar-refractivity contribution in [1.29, 1.82) is 0 Å². The number of ether oxygens (including phenoxy) is 2. The maximum Gasteiger partial charge on any atom is 0.337 e. The third-order valence-electron chi connectivity index (χ3n) is 4.21. The highest BCUT2D eigenvalue weighted by Crippen LogP contribution is 2.15. The Bertz CT molecular complexity index is 1230. The second-order valence-electron chi connectivity index (χ2n) is 6.37. The van der Waals surface area contributed by atoms with Crippen molar-refractivity contribution in [1.82, 2.24) is 4.57 Å². The van der Waals surface area contributed by atoms with Crippen LogP contribution in [0.1, 0.15) is 32.6 Å². The molecule has 0 saturated heterocycles. The molecular weight excluding hydrogens is 422 g/mol. The molecule has 0 atom stereocenters. The summed E-state index contributed by atoms with van der Waals surface area (Å²) >= 11 is 2.84. The number of rotatable bonds is 6. The summed E-state index contributed by atoms with van der Waals surface area (Å²) in [5, 5.41) is 0. The predicted molar refractivity (Wildman–Crippen MR) is 118 cm³/mol. The van der Waals surface area contributed by atoms with Crippen LogP contribution in [0.25, 0.3) is 12.2 Å². The lowest BCUT2D eigenvalue weighted by atomic mass is 10.1. The molecule has 3 rings (SSSR count).